The van der Waals surface area contributed by atoms with Crippen LogP contribution in [0.25, 0.3) is 11.1 Å². The van der Waals surface area contributed by atoms with Gasteiger partial charge in [-0.25, -0.2) is 4.39 Å². The Morgan fingerprint density at radius 2 is 1.97 bits per heavy atom. The minimum absolute atomic E-state index is 0.145. The van der Waals surface area contributed by atoms with Gasteiger partial charge in [0.1, 0.15) is 11.7 Å². The molecule has 1 saturated heterocycles. The number of benzene rings is 2. The molecule has 0 bridgehead atoms. The maximum Gasteiger partial charge on any atom is 0.236 e. The summed E-state index contributed by atoms with van der Waals surface area (Å²) in [4.78, 5) is 15.8. The number of nitrogens with zero attached hydrogens (tertiary/aromatic N) is 2. The van der Waals surface area contributed by atoms with Gasteiger partial charge in [-0.2, -0.15) is 5.26 Å². The van der Waals surface area contributed by atoms with Crippen molar-refractivity contribution in [3.05, 3.63) is 69.7 Å². The molecule has 5 rings (SSSR count). The standard InChI is InChI=1S/C25H20FN3O3S/c1-25(21-9-17(12-33-21)16-5-14(11-27)6-18(26)7-16)10-22(28)29(2)24(30)23(25)15-3-4-19-20(8-15)32-13-31-19/h3-9,12,23,28H,10,13H2,1-2H3/t23?,25-/m1/s1. The van der Waals surface area contributed by atoms with Crippen LogP contribution in [0.4, 0.5) is 4.39 Å². The molecule has 0 spiro atoms. The van der Waals surface area contributed by atoms with Crippen LogP contribution in [0.3, 0.4) is 0 Å². The number of ether oxygens (including phenoxy) is 2. The molecule has 166 valence electrons. The molecule has 2 atom stereocenters. The highest BCUT2D eigenvalue weighted by atomic mass is 32.1. The van der Waals surface area contributed by atoms with Gasteiger partial charge in [-0.1, -0.05) is 13.0 Å². The zero-order valence-corrected chi connectivity index (χ0v) is 18.8. The molecule has 1 aromatic heterocycles. The van der Waals surface area contributed by atoms with Crippen molar-refractivity contribution in [1.29, 1.82) is 10.7 Å². The third-order valence-electron chi connectivity index (χ3n) is 6.41. The lowest BCUT2D eigenvalue weighted by atomic mass is 9.67. The first kappa shape index (κ1) is 21.2. The van der Waals surface area contributed by atoms with Crippen molar-refractivity contribution in [1.82, 2.24) is 4.90 Å². The number of likely N-dealkylation sites (N-methyl/N-ethyl adjacent to an activating group) is 1. The van der Waals surface area contributed by atoms with E-state index in [0.717, 1.165) is 16.0 Å². The lowest BCUT2D eigenvalue weighted by Gasteiger charge is -2.44. The quantitative estimate of drug-likeness (QED) is 0.592. The molecule has 33 heavy (non-hydrogen) atoms. The largest absolute Gasteiger partial charge is 0.454 e. The molecule has 3 heterocycles. The second-order valence-corrected chi connectivity index (χ2v) is 9.44. The van der Waals surface area contributed by atoms with Crippen LogP contribution in [0, 0.1) is 22.6 Å². The fourth-order valence-corrected chi connectivity index (χ4v) is 5.72. The highest BCUT2D eigenvalue weighted by Gasteiger charge is 2.49. The van der Waals surface area contributed by atoms with E-state index >= 15 is 0 Å². The van der Waals surface area contributed by atoms with Crippen LogP contribution in [-0.2, 0) is 10.2 Å². The van der Waals surface area contributed by atoms with Crippen LogP contribution < -0.4 is 9.47 Å². The average Bonchev–Trinajstić information content (AvgIpc) is 3.47. The van der Waals surface area contributed by atoms with E-state index < -0.39 is 17.2 Å². The summed E-state index contributed by atoms with van der Waals surface area (Å²) in [6.45, 7) is 2.13. The van der Waals surface area contributed by atoms with Crippen LogP contribution in [-0.4, -0.2) is 30.5 Å². The number of thiophene rings is 1. The zero-order valence-electron chi connectivity index (χ0n) is 18.0. The van der Waals surface area contributed by atoms with Gasteiger partial charge in [0.2, 0.25) is 12.7 Å². The molecule has 2 aliphatic rings. The summed E-state index contributed by atoms with van der Waals surface area (Å²) in [6.07, 6.45) is 0.362. The summed E-state index contributed by atoms with van der Waals surface area (Å²) in [7, 11) is 1.63. The Balaban J connectivity index is 1.60. The van der Waals surface area contributed by atoms with E-state index in [-0.39, 0.29) is 24.1 Å². The SMILES string of the molecule is CN1C(=N)C[C@](C)(c2cc(-c3cc(F)cc(C#N)c3)cs2)C(c2ccc3c(c2)OCO3)C1=O. The molecule has 1 fully saturated rings. The fourth-order valence-electron chi connectivity index (χ4n) is 4.61. The van der Waals surface area contributed by atoms with E-state index in [0.29, 0.717) is 23.5 Å². The van der Waals surface area contributed by atoms with Crippen molar-refractivity contribution in [2.75, 3.05) is 13.8 Å². The molecule has 0 saturated carbocycles. The summed E-state index contributed by atoms with van der Waals surface area (Å²) >= 11 is 1.47. The summed E-state index contributed by atoms with van der Waals surface area (Å²) in [5.74, 6) is 0.300. The molecule has 8 heteroatoms. The van der Waals surface area contributed by atoms with E-state index in [1.54, 1.807) is 19.2 Å². The maximum atomic E-state index is 14.0. The molecule has 2 aromatic carbocycles. The number of amidine groups is 1. The first-order valence-electron chi connectivity index (χ1n) is 10.3. The van der Waals surface area contributed by atoms with Crippen molar-refractivity contribution in [2.45, 2.75) is 24.7 Å². The minimum atomic E-state index is -0.692. The average molecular weight is 462 g/mol. The monoisotopic (exact) mass is 461 g/mol. The molecule has 2 aliphatic heterocycles. The van der Waals surface area contributed by atoms with E-state index in [9.17, 15) is 14.4 Å². The zero-order chi connectivity index (χ0) is 23.3. The number of rotatable bonds is 3. The summed E-state index contributed by atoms with van der Waals surface area (Å²) in [5, 5.41) is 19.5. The third kappa shape index (κ3) is 3.45. The smallest absolute Gasteiger partial charge is 0.236 e. The van der Waals surface area contributed by atoms with Gasteiger partial charge in [-0.3, -0.25) is 10.2 Å². The Morgan fingerprint density at radius 1 is 1.18 bits per heavy atom. The molecule has 1 amide bonds. The predicted molar refractivity (Wildman–Crippen MR) is 122 cm³/mol. The fraction of sp³-hybridized carbons (Fsp3) is 0.240. The van der Waals surface area contributed by atoms with E-state index in [1.165, 1.54) is 28.4 Å². The molecule has 3 aromatic rings. The Hall–Kier alpha value is -3.70. The number of halogens is 1. The number of piperidine rings is 1. The van der Waals surface area contributed by atoms with Gasteiger partial charge in [0.15, 0.2) is 11.5 Å². The molecular formula is C25H20FN3O3S. The highest BCUT2D eigenvalue weighted by molar-refractivity contribution is 7.10. The first-order chi connectivity index (χ1) is 15.8. The van der Waals surface area contributed by atoms with Crippen LogP contribution in [0.5, 0.6) is 11.5 Å². The Labute approximate surface area is 194 Å². The summed E-state index contributed by atoms with van der Waals surface area (Å²) < 4.78 is 25.0. The normalized spacial score (nSPS) is 21.9. The van der Waals surface area contributed by atoms with Gasteiger partial charge in [0.05, 0.1) is 17.6 Å². The van der Waals surface area contributed by atoms with Gasteiger partial charge >= 0.3 is 0 Å². The van der Waals surface area contributed by atoms with Crippen LogP contribution in [0.2, 0.25) is 0 Å². The Kier molecular flexibility index (Phi) is 4.94. The number of hydrogen-bond donors (Lipinski definition) is 1. The van der Waals surface area contributed by atoms with Gasteiger partial charge in [-0.05, 0) is 58.5 Å². The maximum absolute atomic E-state index is 14.0. The van der Waals surface area contributed by atoms with Crippen LogP contribution >= 0.6 is 11.3 Å². The van der Waals surface area contributed by atoms with E-state index in [2.05, 4.69) is 0 Å². The molecular weight excluding hydrogens is 441 g/mol. The summed E-state index contributed by atoms with van der Waals surface area (Å²) in [5.41, 5.74) is 1.72. The lowest BCUT2D eigenvalue weighted by molar-refractivity contribution is -0.131. The van der Waals surface area contributed by atoms with Crippen molar-refractivity contribution < 1.29 is 18.7 Å². The van der Waals surface area contributed by atoms with Crippen LogP contribution in [0.15, 0.2) is 47.8 Å². The lowest BCUT2D eigenvalue weighted by Crippen LogP contribution is -2.51. The molecule has 0 aliphatic carbocycles. The second kappa shape index (κ2) is 7.71. The highest BCUT2D eigenvalue weighted by Crippen LogP contribution is 2.50. The molecule has 0 radical (unpaired) electrons. The number of hydrogen-bond acceptors (Lipinski definition) is 6. The van der Waals surface area contributed by atoms with E-state index in [4.69, 9.17) is 14.9 Å². The summed E-state index contributed by atoms with van der Waals surface area (Å²) in [6, 6.07) is 13.7. The number of likely N-dealkylation sites (tertiary alicyclic amines) is 1. The minimum Gasteiger partial charge on any atom is -0.454 e. The van der Waals surface area contributed by atoms with Gasteiger partial charge < -0.3 is 14.4 Å². The van der Waals surface area contributed by atoms with Crippen molar-refractivity contribution in [3.63, 3.8) is 0 Å². The van der Waals surface area contributed by atoms with Gasteiger partial charge in [0, 0.05) is 23.8 Å². The first-order valence-corrected chi connectivity index (χ1v) is 11.2. The number of amides is 1. The van der Waals surface area contributed by atoms with Gasteiger partial charge in [0.25, 0.3) is 0 Å². The second-order valence-electron chi connectivity index (χ2n) is 8.52. The number of carbonyl (C=O) groups excluding carboxylic acids is 1. The van der Waals surface area contributed by atoms with Gasteiger partial charge in [-0.15, -0.1) is 11.3 Å². The van der Waals surface area contributed by atoms with Crippen molar-refractivity contribution in [3.8, 4) is 28.7 Å². The number of nitriles is 1. The van der Waals surface area contributed by atoms with E-state index in [1.807, 2.05) is 36.6 Å². The number of nitrogens with one attached hydrogen (secondary N) is 1. The Bertz CT molecular complexity index is 1340. The topological polar surface area (TPSA) is 86.4 Å². The number of carbonyl (C=O) groups is 1. The number of fused-ring (bicyclic) bond motifs is 1. The predicted octanol–water partition coefficient (Wildman–Crippen LogP) is 5.04. The molecule has 1 N–H and O–H groups in total. The molecule has 6 nitrogen and oxygen atoms in total. The Morgan fingerprint density at radius 3 is 2.76 bits per heavy atom. The van der Waals surface area contributed by atoms with Crippen molar-refractivity contribution in [2.24, 2.45) is 0 Å². The third-order valence-corrected chi connectivity index (χ3v) is 7.62. The van der Waals surface area contributed by atoms with Crippen LogP contribution in [0.1, 0.15) is 35.3 Å². The molecule has 1 unspecified atom stereocenters. The van der Waals surface area contributed by atoms with Crippen molar-refractivity contribution >= 4 is 23.1 Å².